The van der Waals surface area contributed by atoms with Gasteiger partial charge < -0.3 is 10.4 Å². The summed E-state index contributed by atoms with van der Waals surface area (Å²) >= 11 is 0. The molecule has 1 aliphatic carbocycles. The largest absolute Gasteiger partial charge is 0.481 e. The minimum Gasteiger partial charge on any atom is -0.481 e. The van der Waals surface area contributed by atoms with Crippen LogP contribution >= 0.6 is 0 Å². The summed E-state index contributed by atoms with van der Waals surface area (Å²) in [6.07, 6.45) is 0. The summed E-state index contributed by atoms with van der Waals surface area (Å²) in [6, 6.07) is 5.59. The second-order valence-corrected chi connectivity index (χ2v) is 5.90. The van der Waals surface area contributed by atoms with Crippen LogP contribution in [0.3, 0.4) is 0 Å². The van der Waals surface area contributed by atoms with Gasteiger partial charge in [-0.15, -0.1) is 0 Å². The third kappa shape index (κ3) is 2.53. The van der Waals surface area contributed by atoms with Crippen LogP contribution in [-0.4, -0.2) is 17.0 Å². The highest BCUT2D eigenvalue weighted by atomic mass is 19.1. The number of carboxylic acid groups (broad SMARTS) is 1. The predicted molar refractivity (Wildman–Crippen MR) is 71.4 cm³/mol. The Morgan fingerprint density at radius 2 is 1.80 bits per heavy atom. The molecule has 1 amide bonds. The lowest BCUT2D eigenvalue weighted by molar-refractivity contribution is -0.140. The first-order valence-corrected chi connectivity index (χ1v) is 6.53. The molecule has 108 valence electrons. The van der Waals surface area contributed by atoms with Gasteiger partial charge in [0.05, 0.1) is 17.9 Å². The SMILES string of the molecule is CC(NC(=O)C1C(C(=O)O)C1(C)C)c1ccc(F)cc1. The van der Waals surface area contributed by atoms with Crippen LogP contribution in [0.2, 0.25) is 0 Å². The van der Waals surface area contributed by atoms with Crippen LogP contribution in [0, 0.1) is 23.1 Å². The van der Waals surface area contributed by atoms with Gasteiger partial charge in [-0.1, -0.05) is 26.0 Å². The number of aliphatic carboxylic acids is 1. The Morgan fingerprint density at radius 1 is 1.25 bits per heavy atom. The van der Waals surface area contributed by atoms with Crippen LogP contribution < -0.4 is 5.32 Å². The van der Waals surface area contributed by atoms with E-state index in [1.165, 1.54) is 12.1 Å². The molecule has 1 saturated carbocycles. The number of amides is 1. The predicted octanol–water partition coefficient (Wildman–Crippen LogP) is 2.36. The number of halogens is 1. The number of benzene rings is 1. The molecule has 2 rings (SSSR count). The fraction of sp³-hybridized carbons (Fsp3) is 0.467. The molecule has 3 unspecified atom stereocenters. The summed E-state index contributed by atoms with van der Waals surface area (Å²) in [6.45, 7) is 5.34. The second kappa shape index (κ2) is 4.89. The normalized spacial score (nSPS) is 24.8. The highest BCUT2D eigenvalue weighted by Crippen LogP contribution is 2.58. The van der Waals surface area contributed by atoms with Gasteiger partial charge >= 0.3 is 5.97 Å². The van der Waals surface area contributed by atoms with Crippen LogP contribution in [0.15, 0.2) is 24.3 Å². The first-order chi connectivity index (χ1) is 9.25. The second-order valence-electron chi connectivity index (χ2n) is 5.90. The number of hydrogen-bond acceptors (Lipinski definition) is 2. The first kappa shape index (κ1) is 14.5. The van der Waals surface area contributed by atoms with Crippen molar-refractivity contribution >= 4 is 11.9 Å². The van der Waals surface area contributed by atoms with E-state index in [1.54, 1.807) is 32.9 Å². The van der Waals surface area contributed by atoms with E-state index in [9.17, 15) is 14.0 Å². The molecule has 1 aromatic carbocycles. The van der Waals surface area contributed by atoms with Crippen molar-refractivity contribution in [3.05, 3.63) is 35.6 Å². The minimum absolute atomic E-state index is 0.265. The van der Waals surface area contributed by atoms with E-state index in [4.69, 9.17) is 5.11 Å². The van der Waals surface area contributed by atoms with E-state index in [2.05, 4.69) is 5.32 Å². The van der Waals surface area contributed by atoms with Gasteiger partial charge in [-0.05, 0) is 30.0 Å². The summed E-state index contributed by atoms with van der Waals surface area (Å²) in [4.78, 5) is 23.2. The molecule has 0 bridgehead atoms. The summed E-state index contributed by atoms with van der Waals surface area (Å²) in [5.74, 6) is -2.68. The molecular formula is C15H18FNO3. The van der Waals surface area contributed by atoms with Crippen molar-refractivity contribution in [2.45, 2.75) is 26.8 Å². The van der Waals surface area contributed by atoms with Crippen molar-refractivity contribution in [1.29, 1.82) is 0 Å². The third-order valence-electron chi connectivity index (χ3n) is 4.10. The zero-order chi connectivity index (χ0) is 15.1. The van der Waals surface area contributed by atoms with Gasteiger partial charge in [0.15, 0.2) is 0 Å². The molecule has 1 aromatic rings. The maximum absolute atomic E-state index is 12.8. The molecule has 0 heterocycles. The van der Waals surface area contributed by atoms with Crippen molar-refractivity contribution in [1.82, 2.24) is 5.32 Å². The molecule has 20 heavy (non-hydrogen) atoms. The zero-order valence-corrected chi connectivity index (χ0v) is 11.7. The summed E-state index contributed by atoms with van der Waals surface area (Å²) < 4.78 is 12.8. The van der Waals surface area contributed by atoms with Crippen molar-refractivity contribution in [2.75, 3.05) is 0 Å². The lowest BCUT2D eigenvalue weighted by Gasteiger charge is -2.15. The van der Waals surface area contributed by atoms with Crippen LogP contribution in [0.1, 0.15) is 32.4 Å². The molecular weight excluding hydrogens is 261 g/mol. The number of carboxylic acids is 1. The molecule has 0 spiro atoms. The number of hydrogen-bond donors (Lipinski definition) is 2. The molecule has 1 fully saturated rings. The third-order valence-corrected chi connectivity index (χ3v) is 4.10. The summed E-state index contributed by atoms with van der Waals surface area (Å²) in [7, 11) is 0. The molecule has 2 N–H and O–H groups in total. The van der Waals surface area contributed by atoms with Gasteiger partial charge in [-0.3, -0.25) is 9.59 Å². The van der Waals surface area contributed by atoms with Crippen molar-refractivity contribution in [2.24, 2.45) is 17.3 Å². The summed E-state index contributed by atoms with van der Waals surface area (Å²) in [5.41, 5.74) is 0.267. The van der Waals surface area contributed by atoms with E-state index < -0.39 is 23.2 Å². The number of carbonyl (C=O) groups is 2. The summed E-state index contributed by atoms with van der Waals surface area (Å²) in [5, 5.41) is 11.9. The van der Waals surface area contributed by atoms with Crippen LogP contribution in [0.4, 0.5) is 4.39 Å². The van der Waals surface area contributed by atoms with Crippen LogP contribution in [-0.2, 0) is 9.59 Å². The Bertz CT molecular complexity index is 539. The Kier molecular flexibility index (Phi) is 3.54. The van der Waals surface area contributed by atoms with Gasteiger partial charge in [-0.2, -0.15) is 0 Å². The van der Waals surface area contributed by atoms with Gasteiger partial charge in [0.2, 0.25) is 5.91 Å². The molecule has 0 radical (unpaired) electrons. The molecule has 4 nitrogen and oxygen atoms in total. The Hall–Kier alpha value is -1.91. The Morgan fingerprint density at radius 3 is 2.25 bits per heavy atom. The smallest absolute Gasteiger partial charge is 0.307 e. The van der Waals surface area contributed by atoms with Crippen molar-refractivity contribution in [3.8, 4) is 0 Å². The van der Waals surface area contributed by atoms with Crippen LogP contribution in [0.25, 0.3) is 0 Å². The zero-order valence-electron chi connectivity index (χ0n) is 11.7. The fourth-order valence-electron chi connectivity index (χ4n) is 2.73. The van der Waals surface area contributed by atoms with Gasteiger partial charge in [0.1, 0.15) is 5.82 Å². The van der Waals surface area contributed by atoms with Crippen LogP contribution in [0.5, 0.6) is 0 Å². The average Bonchev–Trinajstić information content (AvgIpc) is 2.93. The Balaban J connectivity index is 2.02. The topological polar surface area (TPSA) is 66.4 Å². The molecule has 0 aromatic heterocycles. The van der Waals surface area contributed by atoms with E-state index >= 15 is 0 Å². The van der Waals surface area contributed by atoms with Gasteiger partial charge in [0.25, 0.3) is 0 Å². The lowest BCUT2D eigenvalue weighted by atomic mass is 10.1. The highest BCUT2D eigenvalue weighted by molar-refractivity contribution is 5.91. The quantitative estimate of drug-likeness (QED) is 0.889. The molecule has 3 atom stereocenters. The Labute approximate surface area is 117 Å². The molecule has 0 aliphatic heterocycles. The average molecular weight is 279 g/mol. The maximum Gasteiger partial charge on any atom is 0.307 e. The van der Waals surface area contributed by atoms with E-state index in [-0.39, 0.29) is 17.8 Å². The monoisotopic (exact) mass is 279 g/mol. The fourth-order valence-corrected chi connectivity index (χ4v) is 2.73. The number of rotatable bonds is 4. The molecule has 5 heteroatoms. The van der Waals surface area contributed by atoms with Crippen molar-refractivity contribution < 1.29 is 19.1 Å². The van der Waals surface area contributed by atoms with E-state index in [1.807, 2.05) is 0 Å². The van der Waals surface area contributed by atoms with E-state index in [0.717, 1.165) is 5.56 Å². The number of nitrogens with one attached hydrogen (secondary N) is 1. The molecule has 0 saturated heterocycles. The van der Waals surface area contributed by atoms with Gasteiger partial charge in [0, 0.05) is 0 Å². The van der Waals surface area contributed by atoms with Gasteiger partial charge in [-0.25, -0.2) is 4.39 Å². The first-order valence-electron chi connectivity index (χ1n) is 6.53. The van der Waals surface area contributed by atoms with E-state index in [0.29, 0.717) is 0 Å². The highest BCUT2D eigenvalue weighted by Gasteiger charge is 2.65. The molecule has 1 aliphatic rings. The number of carbonyl (C=O) groups excluding carboxylic acids is 1. The lowest BCUT2D eigenvalue weighted by Crippen LogP contribution is -2.30. The minimum atomic E-state index is -0.940. The standard InChI is InChI=1S/C15H18FNO3/c1-8(9-4-6-10(16)7-5-9)17-13(18)11-12(14(19)20)15(11,2)3/h4-8,11-12H,1-3H3,(H,17,18)(H,19,20). The maximum atomic E-state index is 12.8. The van der Waals surface area contributed by atoms with Crippen molar-refractivity contribution in [3.63, 3.8) is 0 Å².